The number of methoxy groups -OCH3 is 1. The standard InChI is InChI=1S/C14H15N5O4S2/c1-22-6-5-12-15-14(23-16-12)9-7-19(8-9)25(20,21)11-4-2-3-10-13(11)18-24-17-10/h2-4,9H,5-8H2,1H3. The normalized spacial score (nSPS) is 16.4. The van der Waals surface area contributed by atoms with Crippen molar-refractivity contribution in [2.45, 2.75) is 17.2 Å². The molecule has 0 atom stereocenters. The van der Waals surface area contributed by atoms with Crippen molar-refractivity contribution in [2.75, 3.05) is 26.8 Å². The average Bonchev–Trinajstić information content (AvgIpc) is 3.19. The lowest BCUT2D eigenvalue weighted by atomic mass is 10.0. The van der Waals surface area contributed by atoms with E-state index in [1.54, 1.807) is 25.3 Å². The molecule has 1 aliphatic rings. The van der Waals surface area contributed by atoms with Gasteiger partial charge in [0.25, 0.3) is 0 Å². The number of hydrogen-bond acceptors (Lipinski definition) is 9. The molecule has 1 aliphatic heterocycles. The van der Waals surface area contributed by atoms with Crippen molar-refractivity contribution >= 4 is 32.8 Å². The number of rotatable bonds is 6. The molecular weight excluding hydrogens is 366 g/mol. The Morgan fingerprint density at radius 2 is 2.20 bits per heavy atom. The Balaban J connectivity index is 1.49. The maximum atomic E-state index is 12.8. The van der Waals surface area contributed by atoms with Crippen LogP contribution in [0.15, 0.2) is 27.6 Å². The first-order chi connectivity index (χ1) is 12.1. The van der Waals surface area contributed by atoms with E-state index in [4.69, 9.17) is 9.26 Å². The molecule has 4 rings (SSSR count). The molecule has 2 aromatic heterocycles. The fourth-order valence-corrected chi connectivity index (χ4v) is 4.93. The molecule has 1 fully saturated rings. The Morgan fingerprint density at radius 3 is 3.00 bits per heavy atom. The highest BCUT2D eigenvalue weighted by Crippen LogP contribution is 2.33. The molecule has 0 saturated carbocycles. The summed E-state index contributed by atoms with van der Waals surface area (Å²) in [6, 6.07) is 4.98. The van der Waals surface area contributed by atoms with Crippen molar-refractivity contribution in [3.8, 4) is 0 Å². The number of nitrogens with zero attached hydrogens (tertiary/aromatic N) is 5. The van der Waals surface area contributed by atoms with E-state index in [2.05, 4.69) is 18.9 Å². The Labute approximate surface area is 148 Å². The van der Waals surface area contributed by atoms with Crippen LogP contribution in [0.1, 0.15) is 17.6 Å². The van der Waals surface area contributed by atoms with Gasteiger partial charge in [-0.2, -0.15) is 18.0 Å². The maximum absolute atomic E-state index is 12.8. The summed E-state index contributed by atoms with van der Waals surface area (Å²) in [6.45, 7) is 1.13. The van der Waals surface area contributed by atoms with Crippen molar-refractivity contribution in [2.24, 2.45) is 0 Å². The zero-order chi connectivity index (χ0) is 17.4. The summed E-state index contributed by atoms with van der Waals surface area (Å²) in [5.41, 5.74) is 0.999. The van der Waals surface area contributed by atoms with Gasteiger partial charge in [0.1, 0.15) is 15.9 Å². The molecule has 3 heterocycles. The molecule has 25 heavy (non-hydrogen) atoms. The molecule has 1 aromatic carbocycles. The lowest BCUT2D eigenvalue weighted by Gasteiger charge is -2.35. The Hall–Kier alpha value is -1.95. The minimum Gasteiger partial charge on any atom is -0.384 e. The van der Waals surface area contributed by atoms with Crippen LogP contribution in [-0.4, -0.2) is 58.4 Å². The van der Waals surface area contributed by atoms with E-state index in [0.29, 0.717) is 48.9 Å². The first kappa shape index (κ1) is 16.5. The number of fused-ring (bicyclic) bond motifs is 1. The summed E-state index contributed by atoms with van der Waals surface area (Å²) in [6.07, 6.45) is 0.563. The van der Waals surface area contributed by atoms with Gasteiger partial charge in [0.15, 0.2) is 5.82 Å². The van der Waals surface area contributed by atoms with Gasteiger partial charge in [-0.15, -0.1) is 0 Å². The van der Waals surface area contributed by atoms with Crippen LogP contribution in [0.25, 0.3) is 11.0 Å². The third-order valence-electron chi connectivity index (χ3n) is 4.08. The minimum atomic E-state index is -3.62. The quantitative estimate of drug-likeness (QED) is 0.623. The van der Waals surface area contributed by atoms with Gasteiger partial charge in [-0.25, -0.2) is 8.42 Å². The molecular formula is C14H15N5O4S2. The predicted molar refractivity (Wildman–Crippen MR) is 88.8 cm³/mol. The largest absolute Gasteiger partial charge is 0.384 e. The van der Waals surface area contributed by atoms with E-state index < -0.39 is 10.0 Å². The smallest absolute Gasteiger partial charge is 0.245 e. The van der Waals surface area contributed by atoms with E-state index in [-0.39, 0.29) is 10.8 Å². The first-order valence-corrected chi connectivity index (χ1v) is 9.79. The summed E-state index contributed by atoms with van der Waals surface area (Å²) in [5.74, 6) is 0.939. The minimum absolute atomic E-state index is 0.0914. The molecule has 0 bridgehead atoms. The molecule has 132 valence electrons. The molecule has 3 aromatic rings. The van der Waals surface area contributed by atoms with E-state index >= 15 is 0 Å². The molecule has 0 radical (unpaired) electrons. The molecule has 0 spiro atoms. The van der Waals surface area contributed by atoms with Gasteiger partial charge in [0.2, 0.25) is 15.9 Å². The average molecular weight is 381 g/mol. The van der Waals surface area contributed by atoms with Crippen molar-refractivity contribution < 1.29 is 17.7 Å². The molecule has 11 heteroatoms. The van der Waals surface area contributed by atoms with Crippen LogP contribution in [0.4, 0.5) is 0 Å². The van der Waals surface area contributed by atoms with Crippen LogP contribution < -0.4 is 0 Å². The monoisotopic (exact) mass is 381 g/mol. The van der Waals surface area contributed by atoms with Crippen molar-refractivity contribution in [3.05, 3.63) is 29.9 Å². The highest BCUT2D eigenvalue weighted by molar-refractivity contribution is 7.89. The van der Waals surface area contributed by atoms with Crippen LogP contribution in [-0.2, 0) is 21.2 Å². The predicted octanol–water partition coefficient (Wildman–Crippen LogP) is 1.05. The van der Waals surface area contributed by atoms with Crippen LogP contribution >= 0.6 is 11.7 Å². The lowest BCUT2D eigenvalue weighted by Crippen LogP contribution is -2.48. The number of benzene rings is 1. The van der Waals surface area contributed by atoms with Crippen molar-refractivity contribution in [3.63, 3.8) is 0 Å². The van der Waals surface area contributed by atoms with E-state index in [9.17, 15) is 8.42 Å². The van der Waals surface area contributed by atoms with Gasteiger partial charge in [-0.3, -0.25) is 0 Å². The van der Waals surface area contributed by atoms with Gasteiger partial charge < -0.3 is 9.26 Å². The van der Waals surface area contributed by atoms with Gasteiger partial charge >= 0.3 is 0 Å². The van der Waals surface area contributed by atoms with Gasteiger partial charge in [-0.05, 0) is 12.1 Å². The fraction of sp³-hybridized carbons (Fsp3) is 0.429. The lowest BCUT2D eigenvalue weighted by molar-refractivity contribution is 0.199. The second-order valence-corrected chi connectivity index (χ2v) is 8.13. The summed E-state index contributed by atoms with van der Waals surface area (Å²) in [7, 11) is -2.01. The van der Waals surface area contributed by atoms with Crippen LogP contribution in [0.5, 0.6) is 0 Å². The summed E-state index contributed by atoms with van der Waals surface area (Å²) < 4.78 is 45.5. The zero-order valence-electron chi connectivity index (χ0n) is 13.3. The molecule has 1 saturated heterocycles. The zero-order valence-corrected chi connectivity index (χ0v) is 15.0. The van der Waals surface area contributed by atoms with Crippen molar-refractivity contribution in [1.29, 1.82) is 0 Å². The number of aromatic nitrogens is 4. The number of ether oxygens (including phenoxy) is 1. The molecule has 0 aliphatic carbocycles. The molecule has 0 N–H and O–H groups in total. The van der Waals surface area contributed by atoms with Crippen molar-refractivity contribution in [1.82, 2.24) is 23.2 Å². The third-order valence-corrected chi connectivity index (χ3v) is 6.48. The van der Waals surface area contributed by atoms with E-state index in [1.165, 1.54) is 4.31 Å². The Bertz CT molecular complexity index is 993. The fourth-order valence-electron chi connectivity index (χ4n) is 2.65. The Kier molecular flexibility index (Phi) is 4.23. The molecule has 0 amide bonds. The maximum Gasteiger partial charge on any atom is 0.245 e. The van der Waals surface area contributed by atoms with Crippen LogP contribution in [0.2, 0.25) is 0 Å². The highest BCUT2D eigenvalue weighted by atomic mass is 32.2. The number of hydrogen-bond donors (Lipinski definition) is 0. The number of sulfonamides is 1. The van der Waals surface area contributed by atoms with Gasteiger partial charge in [0, 0.05) is 26.6 Å². The van der Waals surface area contributed by atoms with E-state index in [0.717, 1.165) is 11.7 Å². The van der Waals surface area contributed by atoms with E-state index in [1.807, 2.05) is 0 Å². The van der Waals surface area contributed by atoms with Gasteiger partial charge in [-0.1, -0.05) is 11.2 Å². The SMILES string of the molecule is COCCc1noc(C2CN(S(=O)(=O)c3cccc4nsnc34)C2)n1. The summed E-state index contributed by atoms with van der Waals surface area (Å²) in [5, 5.41) is 3.89. The second-order valence-electron chi connectivity index (χ2n) is 5.70. The van der Waals surface area contributed by atoms with Crippen LogP contribution in [0, 0.1) is 0 Å². The molecule has 0 unspecified atom stereocenters. The van der Waals surface area contributed by atoms with Crippen LogP contribution in [0.3, 0.4) is 0 Å². The Morgan fingerprint density at radius 1 is 1.36 bits per heavy atom. The highest BCUT2D eigenvalue weighted by Gasteiger charge is 2.41. The second kappa shape index (κ2) is 6.41. The topological polar surface area (TPSA) is 111 Å². The summed E-state index contributed by atoms with van der Waals surface area (Å²) >= 11 is 1.00. The summed E-state index contributed by atoms with van der Waals surface area (Å²) in [4.78, 5) is 4.48. The molecule has 9 nitrogen and oxygen atoms in total. The first-order valence-electron chi connectivity index (χ1n) is 7.62. The van der Waals surface area contributed by atoms with Gasteiger partial charge in [0.05, 0.1) is 24.3 Å². The third kappa shape index (κ3) is 2.92.